The van der Waals surface area contributed by atoms with Gasteiger partial charge in [-0.25, -0.2) is 0 Å². The smallest absolute Gasteiger partial charge is 0.405 e. The third-order valence-corrected chi connectivity index (χ3v) is 2.93. The molecule has 0 heterocycles. The lowest BCUT2D eigenvalue weighted by Gasteiger charge is -2.15. The molecule has 2 N–H and O–H groups in total. The molecule has 2 aromatic carbocycles. The summed E-state index contributed by atoms with van der Waals surface area (Å²) in [6.45, 7) is 0.163. The van der Waals surface area contributed by atoms with Crippen LogP contribution in [0.15, 0.2) is 42.5 Å². The molecular weight excluding hydrogens is 291 g/mol. The van der Waals surface area contributed by atoms with E-state index in [2.05, 4.69) is 4.74 Å². The van der Waals surface area contributed by atoms with Crippen LogP contribution in [0.5, 0.6) is 5.75 Å². The molecule has 0 fully saturated rings. The summed E-state index contributed by atoms with van der Waals surface area (Å²) in [6, 6.07) is 10.8. The first-order valence-electron chi connectivity index (χ1n) is 5.74. The Labute approximate surface area is 118 Å². The largest absolute Gasteiger partial charge is 0.573 e. The number of nitrogens with two attached hydrogens (primary N) is 1. The van der Waals surface area contributed by atoms with E-state index in [1.807, 2.05) is 0 Å². The molecule has 0 amide bonds. The fraction of sp³-hybridized carbons (Fsp3) is 0.143. The first-order valence-corrected chi connectivity index (χ1v) is 6.12. The van der Waals surface area contributed by atoms with Gasteiger partial charge in [0, 0.05) is 17.1 Å². The quantitative estimate of drug-likeness (QED) is 0.914. The number of halogens is 4. The highest BCUT2D eigenvalue weighted by molar-refractivity contribution is 6.30. The Morgan fingerprint density at radius 1 is 1.05 bits per heavy atom. The van der Waals surface area contributed by atoms with Gasteiger partial charge >= 0.3 is 6.36 Å². The van der Waals surface area contributed by atoms with Gasteiger partial charge in [0.05, 0.1) is 0 Å². The highest BCUT2D eigenvalue weighted by Crippen LogP contribution is 2.36. The normalized spacial score (nSPS) is 11.4. The molecule has 0 radical (unpaired) electrons. The molecule has 20 heavy (non-hydrogen) atoms. The number of benzene rings is 2. The topological polar surface area (TPSA) is 35.2 Å². The Morgan fingerprint density at radius 2 is 1.75 bits per heavy atom. The lowest BCUT2D eigenvalue weighted by Crippen LogP contribution is -2.17. The van der Waals surface area contributed by atoms with Crippen LogP contribution in [0.4, 0.5) is 13.2 Å². The second-order valence-corrected chi connectivity index (χ2v) is 4.49. The zero-order valence-corrected chi connectivity index (χ0v) is 11.0. The summed E-state index contributed by atoms with van der Waals surface area (Å²) in [5.74, 6) is -0.267. The molecular formula is C14H11ClF3NO. The summed E-state index contributed by atoms with van der Waals surface area (Å²) in [6.07, 6.45) is -4.74. The van der Waals surface area contributed by atoms with Crippen LogP contribution in [0.25, 0.3) is 11.1 Å². The van der Waals surface area contributed by atoms with Crippen LogP contribution in [0.1, 0.15) is 5.56 Å². The predicted molar refractivity (Wildman–Crippen MR) is 71.5 cm³/mol. The maximum absolute atomic E-state index is 12.4. The molecule has 0 spiro atoms. The highest BCUT2D eigenvalue weighted by Gasteiger charge is 2.32. The van der Waals surface area contributed by atoms with Crippen LogP contribution >= 0.6 is 11.6 Å². The minimum absolute atomic E-state index is 0.163. The molecule has 106 valence electrons. The Hall–Kier alpha value is -1.72. The second kappa shape index (κ2) is 5.73. The van der Waals surface area contributed by atoms with Crippen molar-refractivity contribution in [2.24, 2.45) is 5.73 Å². The summed E-state index contributed by atoms with van der Waals surface area (Å²) in [7, 11) is 0. The first kappa shape index (κ1) is 14.7. The number of rotatable bonds is 3. The Bertz CT molecular complexity index is 614. The molecule has 2 rings (SSSR count). The van der Waals surface area contributed by atoms with Crippen molar-refractivity contribution in [3.8, 4) is 16.9 Å². The lowest BCUT2D eigenvalue weighted by atomic mass is 9.99. The molecule has 0 saturated heterocycles. The average molecular weight is 302 g/mol. The zero-order chi connectivity index (χ0) is 14.8. The molecule has 0 aliphatic rings. The Balaban J connectivity index is 2.53. The minimum atomic E-state index is -4.74. The van der Waals surface area contributed by atoms with E-state index in [1.165, 1.54) is 12.1 Å². The minimum Gasteiger partial charge on any atom is -0.405 e. The van der Waals surface area contributed by atoms with Gasteiger partial charge in [0.15, 0.2) is 0 Å². The Kier molecular flexibility index (Phi) is 4.20. The van der Waals surface area contributed by atoms with Gasteiger partial charge in [0.1, 0.15) is 5.75 Å². The summed E-state index contributed by atoms with van der Waals surface area (Å²) in [5, 5.41) is 0.475. The second-order valence-electron chi connectivity index (χ2n) is 4.05. The number of hydrogen-bond acceptors (Lipinski definition) is 2. The maximum Gasteiger partial charge on any atom is 0.573 e. The van der Waals surface area contributed by atoms with E-state index >= 15 is 0 Å². The van der Waals surface area contributed by atoms with Crippen molar-refractivity contribution in [2.45, 2.75) is 12.9 Å². The van der Waals surface area contributed by atoms with Crippen LogP contribution in [0.3, 0.4) is 0 Å². The van der Waals surface area contributed by atoms with E-state index in [9.17, 15) is 13.2 Å². The highest BCUT2D eigenvalue weighted by atomic mass is 35.5. The van der Waals surface area contributed by atoms with Crippen molar-refractivity contribution in [1.82, 2.24) is 0 Å². The summed E-state index contributed by atoms with van der Waals surface area (Å²) < 4.78 is 41.3. The molecule has 0 aromatic heterocycles. The predicted octanol–water partition coefficient (Wildman–Crippen LogP) is 4.36. The maximum atomic E-state index is 12.4. The van der Waals surface area contributed by atoms with Gasteiger partial charge in [-0.15, -0.1) is 13.2 Å². The van der Waals surface area contributed by atoms with Crippen molar-refractivity contribution in [1.29, 1.82) is 0 Å². The van der Waals surface area contributed by atoms with Gasteiger partial charge < -0.3 is 10.5 Å². The fourth-order valence-electron chi connectivity index (χ4n) is 1.90. The molecule has 0 aliphatic carbocycles. The van der Waals surface area contributed by atoms with Gasteiger partial charge in [-0.1, -0.05) is 35.9 Å². The van der Waals surface area contributed by atoms with Crippen LogP contribution in [-0.4, -0.2) is 6.36 Å². The van der Waals surface area contributed by atoms with E-state index in [4.69, 9.17) is 17.3 Å². The molecule has 6 heteroatoms. The molecule has 0 bridgehead atoms. The van der Waals surface area contributed by atoms with Crippen LogP contribution in [-0.2, 0) is 6.54 Å². The van der Waals surface area contributed by atoms with Gasteiger partial charge in [-0.3, -0.25) is 0 Å². The third kappa shape index (κ3) is 3.43. The number of hydrogen-bond donors (Lipinski definition) is 1. The van der Waals surface area contributed by atoms with Gasteiger partial charge in [0.25, 0.3) is 0 Å². The lowest BCUT2D eigenvalue weighted by molar-refractivity contribution is -0.274. The first-order chi connectivity index (χ1) is 9.40. The monoisotopic (exact) mass is 301 g/mol. The van der Waals surface area contributed by atoms with Crippen molar-refractivity contribution in [2.75, 3.05) is 0 Å². The molecule has 0 unspecified atom stereocenters. The van der Waals surface area contributed by atoms with Crippen molar-refractivity contribution in [3.05, 3.63) is 53.1 Å². The number of ether oxygens (including phenoxy) is 1. The van der Waals surface area contributed by atoms with Gasteiger partial charge in [-0.05, 0) is 29.3 Å². The molecule has 2 nitrogen and oxygen atoms in total. The van der Waals surface area contributed by atoms with Crippen LogP contribution < -0.4 is 10.5 Å². The van der Waals surface area contributed by atoms with Gasteiger partial charge in [-0.2, -0.15) is 0 Å². The SMILES string of the molecule is NCc1cc(Cl)ccc1-c1ccccc1OC(F)(F)F. The van der Waals surface area contributed by atoms with Crippen molar-refractivity contribution in [3.63, 3.8) is 0 Å². The van der Waals surface area contributed by atoms with Gasteiger partial charge in [0.2, 0.25) is 0 Å². The summed E-state index contributed by atoms with van der Waals surface area (Å²) >= 11 is 5.86. The standard InChI is InChI=1S/C14H11ClF3NO/c15-10-5-6-11(9(7-10)8-19)12-3-1-2-4-13(12)20-14(16,17)18/h1-7H,8,19H2. The van der Waals surface area contributed by atoms with Crippen molar-refractivity contribution < 1.29 is 17.9 Å². The van der Waals surface area contributed by atoms with Crippen molar-refractivity contribution >= 4 is 11.6 Å². The molecule has 0 saturated carbocycles. The molecule has 0 aliphatic heterocycles. The number of para-hydroxylation sites is 1. The molecule has 2 aromatic rings. The van der Waals surface area contributed by atoms with E-state index in [-0.39, 0.29) is 12.3 Å². The zero-order valence-electron chi connectivity index (χ0n) is 10.2. The Morgan fingerprint density at radius 3 is 2.40 bits per heavy atom. The van der Waals surface area contributed by atoms with E-state index in [0.717, 1.165) is 0 Å². The van der Waals surface area contributed by atoms with E-state index in [0.29, 0.717) is 21.7 Å². The summed E-state index contributed by atoms with van der Waals surface area (Å²) in [4.78, 5) is 0. The van der Waals surface area contributed by atoms with E-state index < -0.39 is 6.36 Å². The van der Waals surface area contributed by atoms with Crippen LogP contribution in [0, 0.1) is 0 Å². The fourth-order valence-corrected chi connectivity index (χ4v) is 2.09. The van der Waals surface area contributed by atoms with E-state index in [1.54, 1.807) is 30.3 Å². The summed E-state index contributed by atoms with van der Waals surface area (Å²) in [5.41, 5.74) is 7.15. The number of alkyl halides is 3. The average Bonchev–Trinajstić information content (AvgIpc) is 2.38. The third-order valence-electron chi connectivity index (χ3n) is 2.69. The van der Waals surface area contributed by atoms with Crippen LogP contribution in [0.2, 0.25) is 5.02 Å². The molecule has 0 atom stereocenters.